The average molecular weight is 288 g/mol. The van der Waals surface area contributed by atoms with Crippen LogP contribution < -0.4 is 5.32 Å². The number of methoxy groups -OCH3 is 1. The Balaban J connectivity index is 2.14. The molecule has 4 nitrogen and oxygen atoms in total. The molecular formula is C11H18BrN3O. The first-order chi connectivity index (χ1) is 7.65. The highest BCUT2D eigenvalue weighted by Crippen LogP contribution is 2.27. The highest BCUT2D eigenvalue weighted by molar-refractivity contribution is 9.10. The molecule has 0 spiro atoms. The molecule has 2 rings (SSSR count). The standard InChI is InChI=1S/C11H18BrN3O/c1-15-9(7-10(12)14-15)8-11(16-2)3-5-13-6-4-11/h7,13H,3-6,8H2,1-2H3. The maximum atomic E-state index is 5.75. The van der Waals surface area contributed by atoms with E-state index in [4.69, 9.17) is 4.74 Å². The van der Waals surface area contributed by atoms with E-state index in [0.29, 0.717) is 0 Å². The zero-order valence-electron chi connectivity index (χ0n) is 9.79. The lowest BCUT2D eigenvalue weighted by atomic mass is 9.87. The fourth-order valence-corrected chi connectivity index (χ4v) is 2.80. The number of aryl methyl sites for hydroxylation is 1. The maximum absolute atomic E-state index is 5.75. The van der Waals surface area contributed by atoms with Gasteiger partial charge in [-0.05, 0) is 47.9 Å². The van der Waals surface area contributed by atoms with E-state index in [1.54, 1.807) is 0 Å². The van der Waals surface area contributed by atoms with Crippen molar-refractivity contribution in [1.29, 1.82) is 0 Å². The Morgan fingerprint density at radius 2 is 2.25 bits per heavy atom. The molecule has 0 atom stereocenters. The molecule has 1 aliphatic heterocycles. The van der Waals surface area contributed by atoms with Gasteiger partial charge in [0.25, 0.3) is 0 Å². The van der Waals surface area contributed by atoms with Gasteiger partial charge in [0.1, 0.15) is 4.60 Å². The summed E-state index contributed by atoms with van der Waals surface area (Å²) in [5, 5.41) is 7.67. The lowest BCUT2D eigenvalue weighted by molar-refractivity contribution is -0.0346. The monoisotopic (exact) mass is 287 g/mol. The molecule has 0 amide bonds. The summed E-state index contributed by atoms with van der Waals surface area (Å²) in [4.78, 5) is 0. The van der Waals surface area contributed by atoms with Crippen molar-refractivity contribution in [3.63, 3.8) is 0 Å². The molecule has 0 unspecified atom stereocenters. The maximum Gasteiger partial charge on any atom is 0.128 e. The molecule has 1 saturated heterocycles. The van der Waals surface area contributed by atoms with Gasteiger partial charge >= 0.3 is 0 Å². The van der Waals surface area contributed by atoms with Crippen molar-refractivity contribution in [2.24, 2.45) is 7.05 Å². The molecule has 16 heavy (non-hydrogen) atoms. The number of halogens is 1. The van der Waals surface area contributed by atoms with Crippen LogP contribution in [0.1, 0.15) is 18.5 Å². The average Bonchev–Trinajstić information content (AvgIpc) is 2.59. The molecule has 0 radical (unpaired) electrons. The molecule has 0 saturated carbocycles. The van der Waals surface area contributed by atoms with E-state index < -0.39 is 0 Å². The van der Waals surface area contributed by atoms with Crippen molar-refractivity contribution in [3.8, 4) is 0 Å². The molecule has 1 fully saturated rings. The molecular weight excluding hydrogens is 270 g/mol. The highest BCUT2D eigenvalue weighted by atomic mass is 79.9. The van der Waals surface area contributed by atoms with Crippen molar-refractivity contribution < 1.29 is 4.74 Å². The number of ether oxygens (including phenoxy) is 1. The summed E-state index contributed by atoms with van der Waals surface area (Å²) in [5.41, 5.74) is 1.20. The lowest BCUT2D eigenvalue weighted by Crippen LogP contribution is -2.45. The van der Waals surface area contributed by atoms with Crippen LogP contribution in [0.15, 0.2) is 10.7 Å². The Hall–Kier alpha value is -0.390. The predicted octanol–water partition coefficient (Wildman–Crippen LogP) is 1.49. The Labute approximate surface area is 104 Å². The summed E-state index contributed by atoms with van der Waals surface area (Å²) < 4.78 is 8.57. The van der Waals surface area contributed by atoms with Crippen LogP contribution in [0.3, 0.4) is 0 Å². The van der Waals surface area contributed by atoms with Crippen LogP contribution in [0.4, 0.5) is 0 Å². The Bertz CT molecular complexity index is 358. The zero-order chi connectivity index (χ0) is 11.6. The van der Waals surface area contributed by atoms with Gasteiger partial charge < -0.3 is 10.1 Å². The van der Waals surface area contributed by atoms with Crippen LogP contribution in [0.2, 0.25) is 0 Å². The van der Waals surface area contributed by atoms with Gasteiger partial charge in [0, 0.05) is 26.3 Å². The van der Waals surface area contributed by atoms with Gasteiger partial charge in [-0.25, -0.2) is 0 Å². The van der Waals surface area contributed by atoms with Crippen LogP contribution in [-0.2, 0) is 18.2 Å². The summed E-state index contributed by atoms with van der Waals surface area (Å²) in [7, 11) is 3.79. The minimum Gasteiger partial charge on any atom is -0.378 e. The summed E-state index contributed by atoms with van der Waals surface area (Å²) >= 11 is 3.40. The summed E-state index contributed by atoms with van der Waals surface area (Å²) in [6.07, 6.45) is 3.05. The SMILES string of the molecule is COC1(Cc2cc(Br)nn2C)CCNCC1. The molecule has 1 aromatic rings. The summed E-state index contributed by atoms with van der Waals surface area (Å²) in [6, 6.07) is 2.07. The molecule has 5 heteroatoms. The quantitative estimate of drug-likeness (QED) is 0.916. The van der Waals surface area contributed by atoms with Gasteiger partial charge in [0.15, 0.2) is 0 Å². The topological polar surface area (TPSA) is 39.1 Å². The molecule has 0 aromatic carbocycles. The minimum atomic E-state index is -0.0154. The van der Waals surface area contributed by atoms with Crippen LogP contribution in [-0.4, -0.2) is 35.6 Å². The molecule has 1 aliphatic rings. The van der Waals surface area contributed by atoms with Crippen LogP contribution in [0.25, 0.3) is 0 Å². The number of piperidine rings is 1. The Kier molecular flexibility index (Phi) is 3.66. The van der Waals surface area contributed by atoms with Crippen molar-refractivity contribution in [2.75, 3.05) is 20.2 Å². The third-order valence-corrected chi connectivity index (χ3v) is 3.79. The summed E-state index contributed by atoms with van der Waals surface area (Å²) in [6.45, 7) is 2.07. The zero-order valence-corrected chi connectivity index (χ0v) is 11.4. The lowest BCUT2D eigenvalue weighted by Gasteiger charge is -2.36. The predicted molar refractivity (Wildman–Crippen MR) is 66.5 cm³/mol. The first-order valence-corrected chi connectivity index (χ1v) is 6.39. The molecule has 0 aliphatic carbocycles. The molecule has 1 N–H and O–H groups in total. The number of rotatable bonds is 3. The van der Waals surface area contributed by atoms with E-state index in [-0.39, 0.29) is 5.60 Å². The second-order valence-corrected chi connectivity index (χ2v) is 5.21. The van der Waals surface area contributed by atoms with Crippen LogP contribution >= 0.6 is 15.9 Å². The van der Waals surface area contributed by atoms with Gasteiger partial charge in [-0.3, -0.25) is 4.68 Å². The number of nitrogens with one attached hydrogen (secondary N) is 1. The molecule has 2 heterocycles. The van der Waals surface area contributed by atoms with Crippen molar-refractivity contribution in [3.05, 3.63) is 16.4 Å². The molecule has 90 valence electrons. The number of hydrogen-bond donors (Lipinski definition) is 1. The third-order valence-electron chi connectivity index (χ3n) is 3.40. The highest BCUT2D eigenvalue weighted by Gasteiger charge is 2.33. The fourth-order valence-electron chi connectivity index (χ4n) is 2.30. The third kappa shape index (κ3) is 2.47. The van der Waals surface area contributed by atoms with E-state index in [1.165, 1.54) is 5.69 Å². The van der Waals surface area contributed by atoms with E-state index in [1.807, 2.05) is 18.8 Å². The number of aromatic nitrogens is 2. The largest absolute Gasteiger partial charge is 0.378 e. The fraction of sp³-hybridized carbons (Fsp3) is 0.727. The normalized spacial score (nSPS) is 19.9. The second kappa shape index (κ2) is 4.85. The van der Waals surface area contributed by atoms with Crippen LogP contribution in [0, 0.1) is 0 Å². The molecule has 1 aromatic heterocycles. The summed E-state index contributed by atoms with van der Waals surface area (Å²) in [5.74, 6) is 0. The number of nitrogens with zero attached hydrogens (tertiary/aromatic N) is 2. The van der Waals surface area contributed by atoms with E-state index in [9.17, 15) is 0 Å². The van der Waals surface area contributed by atoms with E-state index in [2.05, 4.69) is 32.4 Å². The van der Waals surface area contributed by atoms with Gasteiger partial charge in [-0.1, -0.05) is 0 Å². The molecule has 0 bridgehead atoms. The second-order valence-electron chi connectivity index (χ2n) is 4.40. The van der Waals surface area contributed by atoms with E-state index in [0.717, 1.165) is 37.0 Å². The van der Waals surface area contributed by atoms with Crippen molar-refractivity contribution in [1.82, 2.24) is 15.1 Å². The van der Waals surface area contributed by atoms with Gasteiger partial charge in [0.05, 0.1) is 5.60 Å². The smallest absolute Gasteiger partial charge is 0.128 e. The van der Waals surface area contributed by atoms with Gasteiger partial charge in [-0.15, -0.1) is 0 Å². The first kappa shape index (κ1) is 12.1. The first-order valence-electron chi connectivity index (χ1n) is 5.59. The Morgan fingerprint density at radius 1 is 1.56 bits per heavy atom. The van der Waals surface area contributed by atoms with E-state index >= 15 is 0 Å². The van der Waals surface area contributed by atoms with Crippen molar-refractivity contribution >= 4 is 15.9 Å². The Morgan fingerprint density at radius 3 is 2.75 bits per heavy atom. The minimum absolute atomic E-state index is 0.0154. The van der Waals surface area contributed by atoms with Crippen molar-refractivity contribution in [2.45, 2.75) is 24.9 Å². The van der Waals surface area contributed by atoms with Crippen LogP contribution in [0.5, 0.6) is 0 Å². The van der Waals surface area contributed by atoms with Gasteiger partial charge in [-0.2, -0.15) is 5.10 Å². The van der Waals surface area contributed by atoms with Gasteiger partial charge in [0.2, 0.25) is 0 Å². The number of hydrogen-bond acceptors (Lipinski definition) is 3.